The van der Waals surface area contributed by atoms with E-state index in [-0.39, 0.29) is 12.0 Å². The second-order valence-electron chi connectivity index (χ2n) is 4.64. The summed E-state index contributed by atoms with van der Waals surface area (Å²) < 4.78 is 5.26. The summed E-state index contributed by atoms with van der Waals surface area (Å²) >= 11 is 0. The topological polar surface area (TPSA) is 29.5 Å². The molecule has 1 unspecified atom stereocenters. The molecule has 0 saturated carbocycles. The summed E-state index contributed by atoms with van der Waals surface area (Å²) in [6, 6.07) is 7.76. The molecule has 1 atom stereocenters. The minimum absolute atomic E-state index is 0.146. The summed E-state index contributed by atoms with van der Waals surface area (Å²) in [5.41, 5.74) is 2.19. The van der Waals surface area contributed by atoms with Crippen molar-refractivity contribution >= 4 is 5.97 Å². The molecule has 3 nitrogen and oxygen atoms in total. The van der Waals surface area contributed by atoms with Crippen LogP contribution in [0.3, 0.4) is 0 Å². The van der Waals surface area contributed by atoms with Gasteiger partial charge in [-0.2, -0.15) is 0 Å². The van der Waals surface area contributed by atoms with Gasteiger partial charge in [0, 0.05) is 0 Å². The van der Waals surface area contributed by atoms with E-state index in [9.17, 15) is 4.79 Å². The van der Waals surface area contributed by atoms with E-state index in [2.05, 4.69) is 18.7 Å². The lowest BCUT2D eigenvalue weighted by atomic mass is 9.99. The molecule has 1 aromatic carbocycles. The average molecular weight is 263 g/mol. The molecule has 0 saturated heterocycles. The van der Waals surface area contributed by atoms with Gasteiger partial charge >= 0.3 is 5.97 Å². The highest BCUT2D eigenvalue weighted by molar-refractivity contribution is 5.78. The third-order valence-electron chi connectivity index (χ3n) is 3.28. The third-order valence-corrected chi connectivity index (χ3v) is 3.28. The monoisotopic (exact) mass is 263 g/mol. The van der Waals surface area contributed by atoms with Crippen molar-refractivity contribution < 1.29 is 9.53 Å². The van der Waals surface area contributed by atoms with E-state index < -0.39 is 0 Å². The van der Waals surface area contributed by atoms with Gasteiger partial charge in [0.15, 0.2) is 0 Å². The number of rotatable bonds is 7. The van der Waals surface area contributed by atoms with Crippen molar-refractivity contribution in [3.63, 3.8) is 0 Å². The molecule has 0 bridgehead atoms. The fourth-order valence-electron chi connectivity index (χ4n) is 2.34. The van der Waals surface area contributed by atoms with Gasteiger partial charge < -0.3 is 4.74 Å². The maximum Gasteiger partial charge on any atom is 0.328 e. The second-order valence-corrected chi connectivity index (χ2v) is 4.64. The highest BCUT2D eigenvalue weighted by atomic mass is 16.5. The number of carbonyl (C=O) groups is 1. The fourth-order valence-corrected chi connectivity index (χ4v) is 2.34. The first kappa shape index (κ1) is 15.7. The highest BCUT2D eigenvalue weighted by Crippen LogP contribution is 2.25. The van der Waals surface area contributed by atoms with Crippen molar-refractivity contribution in [3.8, 4) is 0 Å². The molecule has 106 valence electrons. The zero-order valence-corrected chi connectivity index (χ0v) is 12.5. The van der Waals surface area contributed by atoms with Gasteiger partial charge in [-0.3, -0.25) is 4.90 Å². The predicted molar refractivity (Wildman–Crippen MR) is 78.1 cm³/mol. The molecule has 0 spiro atoms. The first-order valence-corrected chi connectivity index (χ1v) is 7.11. The largest absolute Gasteiger partial charge is 0.465 e. The lowest BCUT2D eigenvalue weighted by molar-refractivity contribution is -0.149. The smallest absolute Gasteiger partial charge is 0.328 e. The van der Waals surface area contributed by atoms with E-state index >= 15 is 0 Å². The van der Waals surface area contributed by atoms with Crippen LogP contribution in [0.4, 0.5) is 0 Å². The van der Waals surface area contributed by atoms with Gasteiger partial charge in [-0.15, -0.1) is 0 Å². The van der Waals surface area contributed by atoms with E-state index in [0.29, 0.717) is 6.61 Å². The number of aryl methyl sites for hydroxylation is 1. The highest BCUT2D eigenvalue weighted by Gasteiger charge is 2.28. The number of ether oxygens (including phenoxy) is 1. The molecule has 0 fully saturated rings. The lowest BCUT2D eigenvalue weighted by Gasteiger charge is -2.29. The zero-order chi connectivity index (χ0) is 14.3. The normalized spacial score (nSPS) is 12.5. The van der Waals surface area contributed by atoms with Crippen LogP contribution in [0.15, 0.2) is 24.3 Å². The first-order chi connectivity index (χ1) is 9.15. The molecule has 3 heteroatoms. The van der Waals surface area contributed by atoms with E-state index in [4.69, 9.17) is 4.74 Å². The van der Waals surface area contributed by atoms with Gasteiger partial charge in [0.05, 0.1) is 6.61 Å². The van der Waals surface area contributed by atoms with Crippen LogP contribution in [0.5, 0.6) is 0 Å². The summed E-state index contributed by atoms with van der Waals surface area (Å²) in [7, 11) is 0. The van der Waals surface area contributed by atoms with Gasteiger partial charge in [0.2, 0.25) is 0 Å². The predicted octanol–water partition coefficient (Wildman–Crippen LogP) is 3.33. The number of carbonyl (C=O) groups excluding carboxylic acids is 1. The molecule has 19 heavy (non-hydrogen) atoms. The van der Waals surface area contributed by atoms with Gasteiger partial charge in [0.25, 0.3) is 0 Å². The van der Waals surface area contributed by atoms with Crippen LogP contribution < -0.4 is 0 Å². The fraction of sp³-hybridized carbons (Fsp3) is 0.562. The van der Waals surface area contributed by atoms with Gasteiger partial charge in [0.1, 0.15) is 6.04 Å². The molecular weight excluding hydrogens is 238 g/mol. The van der Waals surface area contributed by atoms with Gasteiger partial charge in [-0.05, 0) is 44.5 Å². The molecule has 1 rings (SSSR count). The molecule has 0 aromatic heterocycles. The quantitative estimate of drug-likeness (QED) is 0.707. The number of esters is 1. The van der Waals surface area contributed by atoms with Crippen molar-refractivity contribution in [1.82, 2.24) is 4.90 Å². The lowest BCUT2D eigenvalue weighted by Crippen LogP contribution is -2.36. The average Bonchev–Trinajstić information content (AvgIpc) is 2.40. The van der Waals surface area contributed by atoms with Crippen LogP contribution in [0.2, 0.25) is 0 Å². The van der Waals surface area contributed by atoms with Crippen molar-refractivity contribution in [1.29, 1.82) is 0 Å². The Balaban J connectivity index is 3.11. The second kappa shape index (κ2) is 7.95. The molecule has 0 aliphatic heterocycles. The molecule has 0 heterocycles. The third kappa shape index (κ3) is 4.06. The van der Waals surface area contributed by atoms with Gasteiger partial charge in [-0.25, -0.2) is 4.79 Å². The minimum atomic E-state index is -0.286. The van der Waals surface area contributed by atoms with Crippen LogP contribution in [-0.2, 0) is 9.53 Å². The summed E-state index contributed by atoms with van der Waals surface area (Å²) in [5, 5.41) is 0. The zero-order valence-electron chi connectivity index (χ0n) is 12.5. The number of hydrogen-bond donors (Lipinski definition) is 0. The van der Waals surface area contributed by atoms with Crippen molar-refractivity contribution in [2.45, 2.75) is 40.2 Å². The molecule has 0 aliphatic carbocycles. The molecular formula is C16H25NO2. The van der Waals surface area contributed by atoms with E-state index in [0.717, 1.165) is 30.6 Å². The SMILES string of the molecule is CCCN(CC)C(C(=O)OCC)c1ccccc1C. The van der Waals surface area contributed by atoms with E-state index in [1.54, 1.807) is 0 Å². The number of hydrogen-bond acceptors (Lipinski definition) is 3. The maximum atomic E-state index is 12.3. The number of benzene rings is 1. The minimum Gasteiger partial charge on any atom is -0.465 e. The molecule has 0 radical (unpaired) electrons. The number of nitrogens with zero attached hydrogens (tertiary/aromatic N) is 1. The van der Waals surface area contributed by atoms with E-state index in [1.165, 1.54) is 0 Å². The Morgan fingerprint density at radius 1 is 1.26 bits per heavy atom. The Hall–Kier alpha value is -1.35. The van der Waals surface area contributed by atoms with Crippen LogP contribution in [0.25, 0.3) is 0 Å². The molecule has 0 N–H and O–H groups in total. The van der Waals surface area contributed by atoms with Crippen LogP contribution in [-0.4, -0.2) is 30.6 Å². The Bertz CT molecular complexity index is 403. The Morgan fingerprint density at radius 3 is 2.47 bits per heavy atom. The Labute approximate surface area is 116 Å². The first-order valence-electron chi connectivity index (χ1n) is 7.11. The van der Waals surface area contributed by atoms with Crippen molar-refractivity contribution in [2.24, 2.45) is 0 Å². The summed E-state index contributed by atoms with van der Waals surface area (Å²) in [4.78, 5) is 14.5. The molecule has 0 aliphatic rings. The molecule has 1 aromatic rings. The maximum absolute atomic E-state index is 12.3. The van der Waals surface area contributed by atoms with Crippen LogP contribution >= 0.6 is 0 Å². The van der Waals surface area contributed by atoms with Crippen LogP contribution in [0.1, 0.15) is 44.4 Å². The summed E-state index contributed by atoms with van der Waals surface area (Å²) in [5.74, 6) is -0.146. The molecule has 0 amide bonds. The Morgan fingerprint density at radius 2 is 1.95 bits per heavy atom. The van der Waals surface area contributed by atoms with Gasteiger partial charge in [-0.1, -0.05) is 38.1 Å². The standard InChI is InChI=1S/C16H25NO2/c1-5-12-17(6-2)15(16(18)19-7-3)14-11-9-8-10-13(14)4/h8-11,15H,5-7,12H2,1-4H3. The van der Waals surface area contributed by atoms with Crippen LogP contribution in [0, 0.1) is 6.92 Å². The summed E-state index contributed by atoms with van der Waals surface area (Å²) in [6.07, 6.45) is 1.02. The Kier molecular flexibility index (Phi) is 6.57. The summed E-state index contributed by atoms with van der Waals surface area (Å²) in [6.45, 7) is 10.3. The van der Waals surface area contributed by atoms with Crippen molar-refractivity contribution in [2.75, 3.05) is 19.7 Å². The van der Waals surface area contributed by atoms with Crippen molar-refractivity contribution in [3.05, 3.63) is 35.4 Å². The number of likely N-dealkylation sites (N-methyl/N-ethyl adjacent to an activating group) is 1. The van der Waals surface area contributed by atoms with E-state index in [1.807, 2.05) is 38.1 Å².